The zero-order valence-electron chi connectivity index (χ0n) is 16.7. The van der Waals surface area contributed by atoms with Crippen LogP contribution in [0.15, 0.2) is 42.5 Å². The quantitative estimate of drug-likeness (QED) is 0.696. The Morgan fingerprint density at radius 1 is 1.13 bits per heavy atom. The maximum absolute atomic E-state index is 14.0. The van der Waals surface area contributed by atoms with Crippen LogP contribution < -0.4 is 10.6 Å². The molecular weight excluding hydrogens is 390 g/mol. The largest absolute Gasteiger partial charge is 0.339 e. The third-order valence-corrected chi connectivity index (χ3v) is 5.31. The van der Waals surface area contributed by atoms with Crippen LogP contribution in [0.25, 0.3) is 0 Å². The molecule has 154 valence electrons. The number of aromatic nitrogens is 2. The number of amides is 2. The molecule has 2 heterocycles. The topological polar surface area (TPSA) is 76.0 Å². The second kappa shape index (κ2) is 7.37. The normalized spacial score (nSPS) is 18.0. The lowest BCUT2D eigenvalue weighted by molar-refractivity contribution is -0.118. The summed E-state index contributed by atoms with van der Waals surface area (Å²) in [4.78, 5) is 25.8. The number of hydrogen-bond donors (Lipinski definition) is 2. The summed E-state index contributed by atoms with van der Waals surface area (Å²) in [5.74, 6) is -3.16. The van der Waals surface area contributed by atoms with Crippen LogP contribution in [0.3, 0.4) is 0 Å². The van der Waals surface area contributed by atoms with Crippen molar-refractivity contribution in [2.45, 2.75) is 25.8 Å². The molecule has 2 N–H and O–H groups in total. The Bertz CT molecular complexity index is 1170. The monoisotopic (exact) mass is 410 g/mol. The van der Waals surface area contributed by atoms with Crippen LogP contribution in [0.4, 0.5) is 14.6 Å². The molecule has 0 spiro atoms. The Hall–Kier alpha value is -3.55. The average molecular weight is 410 g/mol. The first-order chi connectivity index (χ1) is 14.3. The molecule has 1 aliphatic heterocycles. The van der Waals surface area contributed by atoms with Gasteiger partial charge in [-0.1, -0.05) is 23.8 Å². The SMILES string of the molecule is Cc1cccc(C(=O)N[C@@H]2C(=O)Nc3c(c(C)nn3C)[C@H]2c2ccc(F)c(F)c2)c1. The Balaban J connectivity index is 1.80. The maximum Gasteiger partial charge on any atom is 0.251 e. The van der Waals surface area contributed by atoms with Crippen molar-refractivity contribution in [3.05, 3.63) is 82.0 Å². The van der Waals surface area contributed by atoms with E-state index < -0.39 is 35.4 Å². The number of anilines is 1. The molecule has 1 aliphatic rings. The predicted octanol–water partition coefficient (Wildman–Crippen LogP) is 3.20. The predicted molar refractivity (Wildman–Crippen MR) is 107 cm³/mol. The van der Waals surface area contributed by atoms with Crippen molar-refractivity contribution in [3.8, 4) is 0 Å². The van der Waals surface area contributed by atoms with Crippen molar-refractivity contribution in [1.82, 2.24) is 15.1 Å². The minimum absolute atomic E-state index is 0.371. The number of halogens is 2. The van der Waals surface area contributed by atoms with E-state index in [1.54, 1.807) is 32.2 Å². The number of nitrogens with zero attached hydrogens (tertiary/aromatic N) is 2. The number of hydrogen-bond acceptors (Lipinski definition) is 3. The molecule has 2 amide bonds. The van der Waals surface area contributed by atoms with Gasteiger partial charge in [0.25, 0.3) is 5.91 Å². The molecule has 0 bridgehead atoms. The Labute approximate surface area is 171 Å². The van der Waals surface area contributed by atoms with Gasteiger partial charge in [-0.25, -0.2) is 8.78 Å². The summed E-state index contributed by atoms with van der Waals surface area (Å²) in [6.45, 7) is 3.63. The third kappa shape index (κ3) is 3.34. The lowest BCUT2D eigenvalue weighted by atomic mass is 9.81. The lowest BCUT2D eigenvalue weighted by Crippen LogP contribution is -2.50. The van der Waals surface area contributed by atoms with Gasteiger partial charge >= 0.3 is 0 Å². The van der Waals surface area contributed by atoms with Crippen molar-refractivity contribution >= 4 is 17.6 Å². The molecule has 30 heavy (non-hydrogen) atoms. The summed E-state index contributed by atoms with van der Waals surface area (Å²) in [6.07, 6.45) is 0. The van der Waals surface area contributed by atoms with E-state index in [-0.39, 0.29) is 0 Å². The van der Waals surface area contributed by atoms with Gasteiger partial charge in [0, 0.05) is 24.1 Å². The highest BCUT2D eigenvalue weighted by Crippen LogP contribution is 2.39. The number of aryl methyl sites for hydroxylation is 3. The van der Waals surface area contributed by atoms with Crippen molar-refractivity contribution in [2.24, 2.45) is 7.05 Å². The molecular formula is C22H20F2N4O2. The lowest BCUT2D eigenvalue weighted by Gasteiger charge is -2.32. The first kappa shape index (κ1) is 19.8. The molecule has 8 heteroatoms. The molecule has 0 saturated carbocycles. The molecule has 2 atom stereocenters. The van der Waals surface area contributed by atoms with Crippen LogP contribution in [0.5, 0.6) is 0 Å². The number of carbonyl (C=O) groups is 2. The summed E-state index contributed by atoms with van der Waals surface area (Å²) in [5, 5.41) is 9.89. The average Bonchev–Trinajstić information content (AvgIpc) is 2.98. The number of fused-ring (bicyclic) bond motifs is 1. The fourth-order valence-electron chi connectivity index (χ4n) is 3.93. The maximum atomic E-state index is 14.0. The van der Waals surface area contributed by atoms with Crippen molar-refractivity contribution in [2.75, 3.05) is 5.32 Å². The zero-order chi connectivity index (χ0) is 21.6. The van der Waals surface area contributed by atoms with Crippen LogP contribution >= 0.6 is 0 Å². The van der Waals surface area contributed by atoms with Gasteiger partial charge in [0.05, 0.1) is 5.69 Å². The van der Waals surface area contributed by atoms with Gasteiger partial charge in [0.15, 0.2) is 11.6 Å². The molecule has 3 aromatic rings. The van der Waals surface area contributed by atoms with Gasteiger partial charge in [-0.3, -0.25) is 14.3 Å². The van der Waals surface area contributed by atoms with E-state index >= 15 is 0 Å². The van der Waals surface area contributed by atoms with Crippen molar-refractivity contribution < 1.29 is 18.4 Å². The summed E-state index contributed by atoms with van der Waals surface area (Å²) >= 11 is 0. The standard InChI is InChI=1S/C22H20F2N4O2/c1-11-5-4-6-14(9-11)21(29)25-19-18(13-7-8-15(23)16(24)10-13)17-12(2)27-28(3)20(17)26-22(19)30/h4-10,18-19H,1-3H3,(H,25,29)(H,26,30)/t18-,19+/m1/s1. The first-order valence-corrected chi connectivity index (χ1v) is 9.43. The summed E-state index contributed by atoms with van der Waals surface area (Å²) in [7, 11) is 1.68. The van der Waals surface area contributed by atoms with Crippen LogP contribution in [0.2, 0.25) is 0 Å². The van der Waals surface area contributed by atoms with E-state index in [0.717, 1.165) is 17.7 Å². The molecule has 0 fully saturated rings. The summed E-state index contributed by atoms with van der Waals surface area (Å²) in [5.41, 5.74) is 2.95. The third-order valence-electron chi connectivity index (χ3n) is 5.31. The highest BCUT2D eigenvalue weighted by Gasteiger charge is 2.41. The van der Waals surface area contributed by atoms with Crippen LogP contribution in [0.1, 0.15) is 38.7 Å². The van der Waals surface area contributed by atoms with Gasteiger partial charge in [-0.2, -0.15) is 5.10 Å². The number of carbonyl (C=O) groups excluding carboxylic acids is 2. The van der Waals surface area contributed by atoms with E-state index in [9.17, 15) is 18.4 Å². The van der Waals surface area contributed by atoms with Crippen LogP contribution in [0, 0.1) is 25.5 Å². The van der Waals surface area contributed by atoms with E-state index in [2.05, 4.69) is 15.7 Å². The molecule has 4 rings (SSSR count). The zero-order valence-corrected chi connectivity index (χ0v) is 16.7. The van der Waals surface area contributed by atoms with E-state index in [0.29, 0.717) is 28.2 Å². The molecule has 1 aromatic heterocycles. The molecule has 0 saturated heterocycles. The molecule has 0 unspecified atom stereocenters. The molecule has 0 aliphatic carbocycles. The van der Waals surface area contributed by atoms with E-state index in [1.807, 2.05) is 13.0 Å². The molecule has 6 nitrogen and oxygen atoms in total. The van der Waals surface area contributed by atoms with Gasteiger partial charge in [0.2, 0.25) is 5.91 Å². The summed E-state index contributed by atoms with van der Waals surface area (Å²) < 4.78 is 29.1. The number of nitrogens with one attached hydrogen (secondary N) is 2. The van der Waals surface area contributed by atoms with E-state index in [4.69, 9.17) is 0 Å². The highest BCUT2D eigenvalue weighted by molar-refractivity contribution is 6.03. The van der Waals surface area contributed by atoms with Gasteiger partial charge < -0.3 is 10.6 Å². The smallest absolute Gasteiger partial charge is 0.251 e. The van der Waals surface area contributed by atoms with Crippen LogP contribution in [-0.4, -0.2) is 27.6 Å². The fraction of sp³-hybridized carbons (Fsp3) is 0.227. The highest BCUT2D eigenvalue weighted by atomic mass is 19.2. The van der Waals surface area contributed by atoms with Gasteiger partial charge in [-0.05, 0) is 43.7 Å². The Morgan fingerprint density at radius 2 is 1.90 bits per heavy atom. The Kier molecular flexibility index (Phi) is 4.85. The fourth-order valence-corrected chi connectivity index (χ4v) is 3.93. The first-order valence-electron chi connectivity index (χ1n) is 9.43. The second-order valence-electron chi connectivity index (χ2n) is 7.43. The van der Waals surface area contributed by atoms with E-state index in [1.165, 1.54) is 10.7 Å². The van der Waals surface area contributed by atoms with Crippen molar-refractivity contribution in [3.63, 3.8) is 0 Å². The molecule has 2 aromatic carbocycles. The van der Waals surface area contributed by atoms with Gasteiger partial charge in [0.1, 0.15) is 11.9 Å². The number of rotatable bonds is 3. The van der Waals surface area contributed by atoms with Crippen molar-refractivity contribution in [1.29, 1.82) is 0 Å². The minimum Gasteiger partial charge on any atom is -0.339 e. The molecule has 0 radical (unpaired) electrons. The number of benzene rings is 2. The van der Waals surface area contributed by atoms with Gasteiger partial charge in [-0.15, -0.1) is 0 Å². The Morgan fingerprint density at radius 3 is 2.60 bits per heavy atom. The second-order valence-corrected chi connectivity index (χ2v) is 7.43. The van der Waals surface area contributed by atoms with Crippen LogP contribution in [-0.2, 0) is 11.8 Å². The minimum atomic E-state index is -1.03. The summed E-state index contributed by atoms with van der Waals surface area (Å²) in [6, 6.07) is 9.44.